The molecule has 1 aromatic carbocycles. The molecule has 1 aliphatic carbocycles. The van der Waals surface area contributed by atoms with Crippen LogP contribution in [0, 0.1) is 0 Å². The molecule has 0 spiro atoms. The molecular formula is C16H25N3O. The Labute approximate surface area is 121 Å². The number of rotatable bonds is 5. The fraction of sp³-hybridized carbons (Fsp3) is 0.562. The first-order valence-corrected chi connectivity index (χ1v) is 7.51. The molecule has 0 radical (unpaired) electrons. The molecule has 1 fully saturated rings. The van der Waals surface area contributed by atoms with Gasteiger partial charge in [0, 0.05) is 30.4 Å². The third kappa shape index (κ3) is 4.53. The molecule has 0 heterocycles. The Morgan fingerprint density at radius 2 is 2.10 bits per heavy atom. The molecule has 0 aromatic heterocycles. The van der Waals surface area contributed by atoms with Gasteiger partial charge in [-0.05, 0) is 38.1 Å². The molecule has 4 heteroatoms. The summed E-state index contributed by atoms with van der Waals surface area (Å²) in [6, 6.07) is 7.96. The summed E-state index contributed by atoms with van der Waals surface area (Å²) in [7, 11) is 2.13. The molecule has 1 aliphatic rings. The molecule has 20 heavy (non-hydrogen) atoms. The van der Waals surface area contributed by atoms with Crippen molar-refractivity contribution in [1.82, 2.24) is 4.90 Å². The zero-order valence-electron chi connectivity index (χ0n) is 12.3. The van der Waals surface area contributed by atoms with E-state index in [1.807, 2.05) is 18.2 Å². The standard InChI is InChI=1S/C16H25N3O/c1-19(15-8-3-2-4-9-15)11-10-16(20)18-14-7-5-6-13(17)12-14/h5-7,12,15H,2-4,8-11,17H2,1H3,(H,18,20). The first-order valence-electron chi connectivity index (χ1n) is 7.51. The van der Waals surface area contributed by atoms with Crippen molar-refractivity contribution in [3.05, 3.63) is 24.3 Å². The smallest absolute Gasteiger partial charge is 0.225 e. The van der Waals surface area contributed by atoms with Gasteiger partial charge in [0.2, 0.25) is 5.91 Å². The van der Waals surface area contributed by atoms with Gasteiger partial charge in [-0.2, -0.15) is 0 Å². The molecule has 110 valence electrons. The fourth-order valence-corrected chi connectivity index (χ4v) is 2.82. The lowest BCUT2D eigenvalue weighted by atomic mass is 9.94. The molecule has 1 amide bonds. The van der Waals surface area contributed by atoms with Crippen LogP contribution < -0.4 is 11.1 Å². The summed E-state index contributed by atoms with van der Waals surface area (Å²) >= 11 is 0. The lowest BCUT2D eigenvalue weighted by molar-refractivity contribution is -0.116. The van der Waals surface area contributed by atoms with Crippen LogP contribution in [0.5, 0.6) is 0 Å². The van der Waals surface area contributed by atoms with E-state index in [0.29, 0.717) is 18.2 Å². The minimum absolute atomic E-state index is 0.0539. The second-order valence-electron chi connectivity index (χ2n) is 5.70. The monoisotopic (exact) mass is 275 g/mol. The highest BCUT2D eigenvalue weighted by molar-refractivity contribution is 5.91. The number of nitrogens with zero attached hydrogens (tertiary/aromatic N) is 1. The van der Waals surface area contributed by atoms with Crippen LogP contribution in [0.4, 0.5) is 11.4 Å². The van der Waals surface area contributed by atoms with E-state index >= 15 is 0 Å². The predicted octanol–water partition coefficient (Wildman–Crippen LogP) is 2.86. The molecule has 1 aromatic rings. The van der Waals surface area contributed by atoms with Gasteiger partial charge in [-0.25, -0.2) is 0 Å². The maximum absolute atomic E-state index is 11.9. The van der Waals surface area contributed by atoms with E-state index in [-0.39, 0.29) is 5.91 Å². The molecule has 0 saturated heterocycles. The second kappa shape index (κ2) is 7.29. The van der Waals surface area contributed by atoms with Crippen molar-refractivity contribution >= 4 is 17.3 Å². The van der Waals surface area contributed by atoms with Crippen molar-refractivity contribution < 1.29 is 4.79 Å². The quantitative estimate of drug-likeness (QED) is 0.812. The average Bonchev–Trinajstić information content (AvgIpc) is 2.46. The number of anilines is 2. The van der Waals surface area contributed by atoms with Crippen LogP contribution in [0.25, 0.3) is 0 Å². The molecular weight excluding hydrogens is 250 g/mol. The molecule has 0 aliphatic heterocycles. The Morgan fingerprint density at radius 1 is 1.35 bits per heavy atom. The highest BCUT2D eigenvalue weighted by Gasteiger charge is 2.18. The maximum Gasteiger partial charge on any atom is 0.225 e. The van der Waals surface area contributed by atoms with Crippen LogP contribution in [0.2, 0.25) is 0 Å². The fourth-order valence-electron chi connectivity index (χ4n) is 2.82. The van der Waals surface area contributed by atoms with Crippen LogP contribution >= 0.6 is 0 Å². The van der Waals surface area contributed by atoms with E-state index < -0.39 is 0 Å². The van der Waals surface area contributed by atoms with Crippen LogP contribution in [0.15, 0.2) is 24.3 Å². The van der Waals surface area contributed by atoms with Gasteiger partial charge >= 0.3 is 0 Å². The van der Waals surface area contributed by atoms with Crippen molar-refractivity contribution in [2.24, 2.45) is 0 Å². The number of carbonyl (C=O) groups is 1. The number of nitrogen functional groups attached to an aromatic ring is 1. The van der Waals surface area contributed by atoms with Crippen molar-refractivity contribution in [2.45, 2.75) is 44.6 Å². The van der Waals surface area contributed by atoms with Crippen LogP contribution in [-0.4, -0.2) is 30.4 Å². The molecule has 3 N–H and O–H groups in total. The Kier molecular flexibility index (Phi) is 5.41. The summed E-state index contributed by atoms with van der Waals surface area (Å²) in [5.74, 6) is 0.0539. The predicted molar refractivity (Wildman–Crippen MR) is 83.6 cm³/mol. The maximum atomic E-state index is 11.9. The minimum atomic E-state index is 0.0539. The van der Waals surface area contributed by atoms with Gasteiger partial charge in [0.15, 0.2) is 0 Å². The molecule has 0 atom stereocenters. The third-order valence-corrected chi connectivity index (χ3v) is 4.06. The number of hydrogen-bond acceptors (Lipinski definition) is 3. The Bertz CT molecular complexity index is 441. The Morgan fingerprint density at radius 3 is 2.80 bits per heavy atom. The SMILES string of the molecule is CN(CCC(=O)Nc1cccc(N)c1)C1CCCCC1. The van der Waals surface area contributed by atoms with Gasteiger partial charge in [0.1, 0.15) is 0 Å². The summed E-state index contributed by atoms with van der Waals surface area (Å²) < 4.78 is 0. The van der Waals surface area contributed by atoms with Gasteiger partial charge in [0.25, 0.3) is 0 Å². The summed E-state index contributed by atoms with van der Waals surface area (Å²) in [5, 5.41) is 2.90. The van der Waals surface area contributed by atoms with Crippen molar-refractivity contribution in [3.63, 3.8) is 0 Å². The molecule has 2 rings (SSSR count). The third-order valence-electron chi connectivity index (χ3n) is 4.06. The topological polar surface area (TPSA) is 58.4 Å². The summed E-state index contributed by atoms with van der Waals surface area (Å²) in [4.78, 5) is 14.3. The number of hydrogen-bond donors (Lipinski definition) is 2. The highest BCUT2D eigenvalue weighted by Crippen LogP contribution is 2.21. The highest BCUT2D eigenvalue weighted by atomic mass is 16.1. The number of nitrogens with two attached hydrogens (primary N) is 1. The largest absolute Gasteiger partial charge is 0.399 e. The van der Waals surface area contributed by atoms with E-state index in [9.17, 15) is 4.79 Å². The van der Waals surface area contributed by atoms with Gasteiger partial charge in [-0.1, -0.05) is 25.3 Å². The van der Waals surface area contributed by atoms with Crippen LogP contribution in [0.1, 0.15) is 38.5 Å². The molecule has 4 nitrogen and oxygen atoms in total. The van der Waals surface area contributed by atoms with Gasteiger partial charge in [-0.3, -0.25) is 4.79 Å². The normalized spacial score (nSPS) is 16.3. The summed E-state index contributed by atoms with van der Waals surface area (Å²) in [5.41, 5.74) is 7.14. The van der Waals surface area contributed by atoms with Crippen LogP contribution in [-0.2, 0) is 4.79 Å². The minimum Gasteiger partial charge on any atom is -0.399 e. The van der Waals surface area contributed by atoms with E-state index in [1.165, 1.54) is 32.1 Å². The first-order chi connectivity index (χ1) is 9.65. The van der Waals surface area contributed by atoms with Gasteiger partial charge in [0.05, 0.1) is 0 Å². The van der Waals surface area contributed by atoms with Crippen molar-refractivity contribution in [3.8, 4) is 0 Å². The van der Waals surface area contributed by atoms with Crippen molar-refractivity contribution in [1.29, 1.82) is 0 Å². The number of amides is 1. The van der Waals surface area contributed by atoms with E-state index in [0.717, 1.165) is 12.2 Å². The second-order valence-corrected chi connectivity index (χ2v) is 5.70. The molecule has 0 bridgehead atoms. The first kappa shape index (κ1) is 14.9. The Hall–Kier alpha value is -1.55. The summed E-state index contributed by atoms with van der Waals surface area (Å²) in [6.45, 7) is 0.818. The van der Waals surface area contributed by atoms with Crippen LogP contribution in [0.3, 0.4) is 0 Å². The number of carbonyl (C=O) groups excluding carboxylic acids is 1. The summed E-state index contributed by atoms with van der Waals surface area (Å²) in [6.07, 6.45) is 7.08. The Balaban J connectivity index is 1.74. The molecule has 0 unspecified atom stereocenters. The lowest BCUT2D eigenvalue weighted by Gasteiger charge is -2.30. The van der Waals surface area contributed by atoms with E-state index in [2.05, 4.69) is 17.3 Å². The lowest BCUT2D eigenvalue weighted by Crippen LogP contribution is -2.35. The number of benzene rings is 1. The zero-order valence-corrected chi connectivity index (χ0v) is 12.3. The van der Waals surface area contributed by atoms with Gasteiger partial charge in [-0.15, -0.1) is 0 Å². The number of nitrogens with one attached hydrogen (secondary N) is 1. The van der Waals surface area contributed by atoms with Gasteiger partial charge < -0.3 is 16.0 Å². The van der Waals surface area contributed by atoms with E-state index in [1.54, 1.807) is 6.07 Å². The average molecular weight is 275 g/mol. The zero-order chi connectivity index (χ0) is 14.4. The van der Waals surface area contributed by atoms with Crippen molar-refractivity contribution in [2.75, 3.05) is 24.6 Å². The molecule has 1 saturated carbocycles. The van der Waals surface area contributed by atoms with E-state index in [4.69, 9.17) is 5.73 Å².